The van der Waals surface area contributed by atoms with Gasteiger partial charge in [-0.25, -0.2) is 4.39 Å². The Kier molecular flexibility index (Phi) is 3.93. The Bertz CT molecular complexity index is 381. The van der Waals surface area contributed by atoms with Crippen molar-refractivity contribution in [2.45, 2.75) is 6.04 Å². The van der Waals surface area contributed by atoms with Crippen LogP contribution < -0.4 is 5.32 Å². The zero-order chi connectivity index (χ0) is 12.3. The molecule has 1 aromatic carbocycles. The first-order valence-electron chi connectivity index (χ1n) is 5.76. The molecule has 1 aliphatic rings. The molecule has 4 nitrogen and oxygen atoms in total. The van der Waals surface area contributed by atoms with Crippen molar-refractivity contribution in [3.05, 3.63) is 29.6 Å². The number of phenolic OH excluding ortho intramolecular Hbond substituents is 1. The Labute approximate surface area is 99.7 Å². The van der Waals surface area contributed by atoms with Crippen LogP contribution in [-0.2, 0) is 0 Å². The van der Waals surface area contributed by atoms with E-state index in [1.54, 1.807) is 6.07 Å². The van der Waals surface area contributed by atoms with Crippen LogP contribution in [0.1, 0.15) is 11.6 Å². The Morgan fingerprint density at radius 2 is 2.06 bits per heavy atom. The van der Waals surface area contributed by atoms with Crippen LogP contribution in [0.3, 0.4) is 0 Å². The molecule has 3 N–H and O–H groups in total. The van der Waals surface area contributed by atoms with Crippen LogP contribution in [0.2, 0.25) is 0 Å². The SMILES string of the molecule is OC[C@@H](c1ccc(O)c(F)c1)N1CCNCC1. The van der Waals surface area contributed by atoms with E-state index in [9.17, 15) is 9.50 Å². The van der Waals surface area contributed by atoms with E-state index in [0.717, 1.165) is 26.2 Å². The number of aromatic hydroxyl groups is 1. The Hall–Kier alpha value is -1.17. The third-order valence-electron chi connectivity index (χ3n) is 3.12. The highest BCUT2D eigenvalue weighted by Gasteiger charge is 2.22. The lowest BCUT2D eigenvalue weighted by atomic mass is 10.0. The fourth-order valence-corrected chi connectivity index (χ4v) is 2.16. The van der Waals surface area contributed by atoms with Gasteiger partial charge in [0.25, 0.3) is 0 Å². The number of aliphatic hydroxyl groups excluding tert-OH is 1. The van der Waals surface area contributed by atoms with E-state index < -0.39 is 5.82 Å². The highest BCUT2D eigenvalue weighted by Crippen LogP contribution is 2.25. The number of phenols is 1. The Morgan fingerprint density at radius 3 is 2.65 bits per heavy atom. The Balaban J connectivity index is 2.18. The topological polar surface area (TPSA) is 55.7 Å². The van der Waals surface area contributed by atoms with Gasteiger partial charge in [-0.15, -0.1) is 0 Å². The fraction of sp³-hybridized carbons (Fsp3) is 0.500. The van der Waals surface area contributed by atoms with Gasteiger partial charge >= 0.3 is 0 Å². The average molecular weight is 240 g/mol. The first kappa shape index (κ1) is 12.3. The van der Waals surface area contributed by atoms with Crippen LogP contribution in [-0.4, -0.2) is 47.9 Å². The van der Waals surface area contributed by atoms with Crippen LogP contribution in [0.4, 0.5) is 4.39 Å². The number of piperazine rings is 1. The van der Waals surface area contributed by atoms with Crippen molar-refractivity contribution in [2.75, 3.05) is 32.8 Å². The van der Waals surface area contributed by atoms with E-state index in [0.29, 0.717) is 5.56 Å². The highest BCUT2D eigenvalue weighted by molar-refractivity contribution is 5.30. The first-order valence-corrected chi connectivity index (χ1v) is 5.76. The summed E-state index contributed by atoms with van der Waals surface area (Å²) >= 11 is 0. The third-order valence-corrected chi connectivity index (χ3v) is 3.12. The number of nitrogens with one attached hydrogen (secondary N) is 1. The van der Waals surface area contributed by atoms with Crippen LogP contribution in [0.5, 0.6) is 5.75 Å². The quantitative estimate of drug-likeness (QED) is 0.719. The summed E-state index contributed by atoms with van der Waals surface area (Å²) in [6.07, 6.45) is 0. The van der Waals surface area contributed by atoms with Gasteiger partial charge in [0.2, 0.25) is 0 Å². The molecule has 94 valence electrons. The van der Waals surface area contributed by atoms with Crippen LogP contribution in [0.15, 0.2) is 18.2 Å². The number of aliphatic hydroxyl groups is 1. The number of benzene rings is 1. The van der Waals surface area contributed by atoms with Gasteiger partial charge in [-0.1, -0.05) is 6.07 Å². The van der Waals surface area contributed by atoms with Crippen molar-refractivity contribution >= 4 is 0 Å². The molecule has 2 rings (SSSR count). The van der Waals surface area contributed by atoms with Gasteiger partial charge in [-0.05, 0) is 17.7 Å². The number of hydrogen-bond donors (Lipinski definition) is 3. The summed E-state index contributed by atoms with van der Waals surface area (Å²) in [5.41, 5.74) is 0.699. The lowest BCUT2D eigenvalue weighted by molar-refractivity contribution is 0.110. The van der Waals surface area contributed by atoms with E-state index in [-0.39, 0.29) is 18.4 Å². The number of hydrogen-bond acceptors (Lipinski definition) is 4. The summed E-state index contributed by atoms with van der Waals surface area (Å²) in [5, 5.41) is 21.8. The molecule has 1 aromatic rings. The average Bonchev–Trinajstić information content (AvgIpc) is 2.36. The fourth-order valence-electron chi connectivity index (χ4n) is 2.16. The third kappa shape index (κ3) is 2.74. The maximum absolute atomic E-state index is 13.3. The first-order chi connectivity index (χ1) is 8.22. The number of halogens is 1. The van der Waals surface area contributed by atoms with Gasteiger partial charge in [0.15, 0.2) is 11.6 Å². The summed E-state index contributed by atoms with van der Waals surface area (Å²) in [6, 6.07) is 4.07. The minimum Gasteiger partial charge on any atom is -0.505 e. The molecule has 0 radical (unpaired) electrons. The molecule has 1 aliphatic heterocycles. The molecule has 0 spiro atoms. The normalized spacial score (nSPS) is 19.2. The lowest BCUT2D eigenvalue weighted by Gasteiger charge is -2.34. The summed E-state index contributed by atoms with van der Waals surface area (Å²) in [5.74, 6) is -0.998. The molecule has 5 heteroatoms. The second kappa shape index (κ2) is 5.44. The summed E-state index contributed by atoms with van der Waals surface area (Å²) in [6.45, 7) is 3.35. The zero-order valence-corrected chi connectivity index (χ0v) is 9.56. The predicted molar refractivity (Wildman–Crippen MR) is 62.3 cm³/mol. The largest absolute Gasteiger partial charge is 0.505 e. The van der Waals surface area contributed by atoms with Crippen LogP contribution in [0.25, 0.3) is 0 Å². The number of nitrogens with zero attached hydrogens (tertiary/aromatic N) is 1. The minimum atomic E-state index is -0.643. The van der Waals surface area contributed by atoms with Crippen molar-refractivity contribution in [2.24, 2.45) is 0 Å². The van der Waals surface area contributed by atoms with E-state index in [1.807, 2.05) is 0 Å². The van der Waals surface area contributed by atoms with Crippen LogP contribution >= 0.6 is 0 Å². The lowest BCUT2D eigenvalue weighted by Crippen LogP contribution is -2.46. The van der Waals surface area contributed by atoms with Gasteiger partial charge < -0.3 is 15.5 Å². The molecule has 1 fully saturated rings. The maximum Gasteiger partial charge on any atom is 0.165 e. The van der Waals surface area contributed by atoms with Crippen molar-refractivity contribution in [1.29, 1.82) is 0 Å². The van der Waals surface area contributed by atoms with E-state index in [4.69, 9.17) is 5.11 Å². The van der Waals surface area contributed by atoms with E-state index in [2.05, 4.69) is 10.2 Å². The van der Waals surface area contributed by atoms with Gasteiger partial charge in [0, 0.05) is 26.2 Å². The minimum absolute atomic E-state index is 0.0514. The van der Waals surface area contributed by atoms with Crippen molar-refractivity contribution in [3.63, 3.8) is 0 Å². The predicted octanol–water partition coefficient (Wildman–Crippen LogP) is 0.470. The van der Waals surface area contributed by atoms with Crippen molar-refractivity contribution in [1.82, 2.24) is 10.2 Å². The summed E-state index contributed by atoms with van der Waals surface area (Å²) < 4.78 is 13.3. The summed E-state index contributed by atoms with van der Waals surface area (Å²) in [7, 11) is 0. The molecule has 1 saturated heterocycles. The molecule has 0 amide bonds. The monoisotopic (exact) mass is 240 g/mol. The molecule has 1 heterocycles. The van der Waals surface area contributed by atoms with Gasteiger partial charge in [0.05, 0.1) is 12.6 Å². The van der Waals surface area contributed by atoms with E-state index in [1.165, 1.54) is 12.1 Å². The van der Waals surface area contributed by atoms with Crippen molar-refractivity contribution < 1.29 is 14.6 Å². The molecule has 0 unspecified atom stereocenters. The molecule has 0 aliphatic carbocycles. The maximum atomic E-state index is 13.3. The highest BCUT2D eigenvalue weighted by atomic mass is 19.1. The molecule has 1 atom stereocenters. The Morgan fingerprint density at radius 1 is 1.35 bits per heavy atom. The second-order valence-electron chi connectivity index (χ2n) is 4.20. The van der Waals surface area contributed by atoms with Crippen LogP contribution in [0, 0.1) is 5.82 Å². The molecule has 0 saturated carbocycles. The number of rotatable bonds is 3. The molecule has 17 heavy (non-hydrogen) atoms. The van der Waals surface area contributed by atoms with Gasteiger partial charge in [-0.3, -0.25) is 4.90 Å². The van der Waals surface area contributed by atoms with E-state index >= 15 is 0 Å². The zero-order valence-electron chi connectivity index (χ0n) is 9.56. The molecular weight excluding hydrogens is 223 g/mol. The smallest absolute Gasteiger partial charge is 0.165 e. The summed E-state index contributed by atoms with van der Waals surface area (Å²) in [4.78, 5) is 2.11. The second-order valence-corrected chi connectivity index (χ2v) is 4.20. The molecule has 0 aromatic heterocycles. The molecule has 0 bridgehead atoms. The van der Waals surface area contributed by atoms with Crippen molar-refractivity contribution in [3.8, 4) is 5.75 Å². The molecular formula is C12H17FN2O2. The van der Waals surface area contributed by atoms with Gasteiger partial charge in [-0.2, -0.15) is 0 Å². The van der Waals surface area contributed by atoms with Gasteiger partial charge in [0.1, 0.15) is 0 Å². The standard InChI is InChI=1S/C12H17FN2O2/c13-10-7-9(1-2-12(10)17)11(8-16)15-5-3-14-4-6-15/h1-2,7,11,14,16-17H,3-6,8H2/t11-/m0/s1.